The van der Waals surface area contributed by atoms with Gasteiger partial charge >= 0.3 is 0 Å². The van der Waals surface area contributed by atoms with Gasteiger partial charge < -0.3 is 15.2 Å². The Balaban J connectivity index is 2.08. The van der Waals surface area contributed by atoms with E-state index in [1.165, 1.54) is 13.2 Å². The fourth-order valence-corrected chi connectivity index (χ4v) is 1.77. The summed E-state index contributed by atoms with van der Waals surface area (Å²) in [5.41, 5.74) is 7.29. The molecule has 0 heterocycles. The zero-order chi connectivity index (χ0) is 13.7. The summed E-state index contributed by atoms with van der Waals surface area (Å²) in [7, 11) is 1.44. The molecule has 100 valence electrons. The quantitative estimate of drug-likeness (QED) is 0.900. The van der Waals surface area contributed by atoms with Crippen molar-refractivity contribution in [2.75, 3.05) is 7.11 Å². The lowest BCUT2D eigenvalue weighted by Crippen LogP contribution is -2.03. The summed E-state index contributed by atoms with van der Waals surface area (Å²) in [6, 6.07) is 12.3. The lowest BCUT2D eigenvalue weighted by atomic mass is 10.2. The van der Waals surface area contributed by atoms with Crippen LogP contribution in [0.2, 0.25) is 0 Å². The first-order valence-corrected chi connectivity index (χ1v) is 5.97. The Kier molecular flexibility index (Phi) is 4.36. The fraction of sp³-hybridized carbons (Fsp3) is 0.200. The summed E-state index contributed by atoms with van der Waals surface area (Å²) >= 11 is 0. The van der Waals surface area contributed by atoms with Crippen LogP contribution in [0.3, 0.4) is 0 Å². The van der Waals surface area contributed by atoms with E-state index in [9.17, 15) is 4.39 Å². The van der Waals surface area contributed by atoms with E-state index < -0.39 is 5.82 Å². The number of hydrogen-bond acceptors (Lipinski definition) is 3. The summed E-state index contributed by atoms with van der Waals surface area (Å²) in [5.74, 6) is 0.558. The zero-order valence-corrected chi connectivity index (χ0v) is 10.7. The van der Waals surface area contributed by atoms with Gasteiger partial charge in [0.1, 0.15) is 12.4 Å². The summed E-state index contributed by atoms with van der Waals surface area (Å²) in [4.78, 5) is 0. The van der Waals surface area contributed by atoms with E-state index in [1.807, 2.05) is 24.3 Å². The van der Waals surface area contributed by atoms with Crippen molar-refractivity contribution in [2.45, 2.75) is 13.2 Å². The van der Waals surface area contributed by atoms with E-state index in [1.54, 1.807) is 12.1 Å². The van der Waals surface area contributed by atoms with E-state index in [2.05, 4.69) is 0 Å². The summed E-state index contributed by atoms with van der Waals surface area (Å²) in [5, 5.41) is 0. The molecule has 2 aromatic carbocycles. The van der Waals surface area contributed by atoms with Gasteiger partial charge in [0.05, 0.1) is 7.11 Å². The summed E-state index contributed by atoms with van der Waals surface area (Å²) in [6.45, 7) is 0.699. The zero-order valence-electron chi connectivity index (χ0n) is 10.7. The highest BCUT2D eigenvalue weighted by molar-refractivity contribution is 5.34. The largest absolute Gasteiger partial charge is 0.494 e. The van der Waals surface area contributed by atoms with E-state index in [-0.39, 0.29) is 12.4 Å². The van der Waals surface area contributed by atoms with Crippen molar-refractivity contribution in [1.29, 1.82) is 0 Å². The second kappa shape index (κ2) is 6.20. The highest BCUT2D eigenvalue weighted by Crippen LogP contribution is 2.21. The van der Waals surface area contributed by atoms with Gasteiger partial charge in [-0.25, -0.2) is 4.39 Å². The average Bonchev–Trinajstić information content (AvgIpc) is 2.45. The number of halogens is 1. The van der Waals surface area contributed by atoms with Crippen molar-refractivity contribution in [2.24, 2.45) is 5.73 Å². The molecule has 2 N–H and O–H groups in total. The highest BCUT2D eigenvalue weighted by atomic mass is 19.1. The van der Waals surface area contributed by atoms with Gasteiger partial charge in [-0.1, -0.05) is 24.3 Å². The Bertz CT molecular complexity index is 558. The van der Waals surface area contributed by atoms with Gasteiger partial charge in [-0.05, 0) is 23.8 Å². The molecule has 0 aliphatic heterocycles. The van der Waals surface area contributed by atoms with Crippen LogP contribution in [0.4, 0.5) is 4.39 Å². The van der Waals surface area contributed by atoms with Crippen molar-refractivity contribution in [3.8, 4) is 11.5 Å². The molecule has 2 aromatic rings. The van der Waals surface area contributed by atoms with Crippen LogP contribution in [-0.4, -0.2) is 7.11 Å². The Labute approximate surface area is 111 Å². The third-order valence-corrected chi connectivity index (χ3v) is 2.80. The number of ether oxygens (including phenoxy) is 2. The molecule has 0 fully saturated rings. The third kappa shape index (κ3) is 3.23. The van der Waals surface area contributed by atoms with E-state index in [0.29, 0.717) is 6.54 Å². The molecule has 0 aliphatic rings. The van der Waals surface area contributed by atoms with E-state index >= 15 is 0 Å². The minimum Gasteiger partial charge on any atom is -0.494 e. The first-order valence-electron chi connectivity index (χ1n) is 5.97. The van der Waals surface area contributed by atoms with Gasteiger partial charge in [-0.3, -0.25) is 0 Å². The Morgan fingerprint density at radius 3 is 2.58 bits per heavy atom. The van der Waals surface area contributed by atoms with E-state index in [4.69, 9.17) is 15.2 Å². The molecule has 0 spiro atoms. The summed E-state index contributed by atoms with van der Waals surface area (Å²) in [6.07, 6.45) is 0. The number of rotatable bonds is 5. The number of nitrogens with two attached hydrogens (primary N) is 1. The molecule has 0 aromatic heterocycles. The molecule has 3 nitrogen and oxygen atoms in total. The van der Waals surface area contributed by atoms with Crippen LogP contribution in [0.15, 0.2) is 42.5 Å². The van der Waals surface area contributed by atoms with Gasteiger partial charge in [0.2, 0.25) is 0 Å². The minimum atomic E-state index is -0.393. The lowest BCUT2D eigenvalue weighted by molar-refractivity contribution is 0.301. The maximum absolute atomic E-state index is 13.5. The predicted octanol–water partition coefficient (Wildman–Crippen LogP) is 2.87. The topological polar surface area (TPSA) is 44.5 Å². The first-order chi connectivity index (χ1) is 9.24. The minimum absolute atomic E-state index is 0.228. The first kappa shape index (κ1) is 13.4. The molecule has 0 saturated heterocycles. The van der Waals surface area contributed by atoms with Crippen LogP contribution in [0.1, 0.15) is 11.1 Å². The third-order valence-electron chi connectivity index (χ3n) is 2.80. The molecule has 19 heavy (non-hydrogen) atoms. The van der Waals surface area contributed by atoms with Crippen LogP contribution in [0.25, 0.3) is 0 Å². The van der Waals surface area contributed by atoms with Crippen LogP contribution in [0.5, 0.6) is 11.5 Å². The monoisotopic (exact) mass is 261 g/mol. The SMILES string of the molecule is COc1ccc(COc2ccccc2CN)cc1F. The molecule has 2 rings (SSSR count). The summed E-state index contributed by atoms with van der Waals surface area (Å²) < 4.78 is 24.0. The second-order valence-electron chi connectivity index (χ2n) is 4.07. The molecule has 0 saturated carbocycles. The Morgan fingerprint density at radius 1 is 1.11 bits per heavy atom. The van der Waals surface area contributed by atoms with Crippen LogP contribution >= 0.6 is 0 Å². The molecule has 4 heteroatoms. The lowest BCUT2D eigenvalue weighted by Gasteiger charge is -2.11. The number of benzene rings is 2. The molecular formula is C15H16FNO2. The molecule has 0 amide bonds. The molecule has 0 unspecified atom stereocenters. The van der Waals surface area contributed by atoms with E-state index in [0.717, 1.165) is 16.9 Å². The van der Waals surface area contributed by atoms with Crippen LogP contribution in [-0.2, 0) is 13.2 Å². The number of hydrogen-bond donors (Lipinski definition) is 1. The maximum atomic E-state index is 13.5. The Hall–Kier alpha value is -2.07. The fourth-order valence-electron chi connectivity index (χ4n) is 1.77. The number of para-hydroxylation sites is 1. The van der Waals surface area contributed by atoms with Crippen molar-refractivity contribution >= 4 is 0 Å². The smallest absolute Gasteiger partial charge is 0.165 e. The second-order valence-corrected chi connectivity index (χ2v) is 4.07. The maximum Gasteiger partial charge on any atom is 0.165 e. The van der Waals surface area contributed by atoms with Crippen LogP contribution < -0.4 is 15.2 Å². The van der Waals surface area contributed by atoms with Gasteiger partial charge in [-0.2, -0.15) is 0 Å². The molecule has 0 atom stereocenters. The van der Waals surface area contributed by atoms with Gasteiger partial charge in [0.25, 0.3) is 0 Å². The van der Waals surface area contributed by atoms with Gasteiger partial charge in [-0.15, -0.1) is 0 Å². The highest BCUT2D eigenvalue weighted by Gasteiger charge is 2.05. The van der Waals surface area contributed by atoms with Crippen molar-refractivity contribution < 1.29 is 13.9 Å². The van der Waals surface area contributed by atoms with Crippen molar-refractivity contribution in [1.82, 2.24) is 0 Å². The average molecular weight is 261 g/mol. The molecular weight excluding hydrogens is 245 g/mol. The van der Waals surface area contributed by atoms with Gasteiger partial charge in [0.15, 0.2) is 11.6 Å². The van der Waals surface area contributed by atoms with Crippen molar-refractivity contribution in [3.63, 3.8) is 0 Å². The van der Waals surface area contributed by atoms with Crippen molar-refractivity contribution in [3.05, 3.63) is 59.4 Å². The van der Waals surface area contributed by atoms with Gasteiger partial charge in [0, 0.05) is 12.1 Å². The normalized spacial score (nSPS) is 10.3. The molecule has 0 bridgehead atoms. The molecule has 0 radical (unpaired) electrons. The predicted molar refractivity (Wildman–Crippen MR) is 71.6 cm³/mol. The number of methoxy groups -OCH3 is 1. The molecule has 0 aliphatic carbocycles. The van der Waals surface area contributed by atoms with Crippen LogP contribution in [0, 0.1) is 5.82 Å². The Morgan fingerprint density at radius 2 is 1.89 bits per heavy atom. The standard InChI is InChI=1S/C15H16FNO2/c1-18-15-7-6-11(8-13(15)16)10-19-14-5-3-2-4-12(14)9-17/h2-8H,9-10,17H2,1H3.